The van der Waals surface area contributed by atoms with Crippen molar-refractivity contribution in [2.24, 2.45) is 5.92 Å². The van der Waals surface area contributed by atoms with Gasteiger partial charge in [0.2, 0.25) is 0 Å². The van der Waals surface area contributed by atoms with Crippen molar-refractivity contribution in [1.29, 1.82) is 0 Å². The molecule has 7 nitrogen and oxygen atoms in total. The molecular weight excluding hydrogens is 314 g/mol. The van der Waals surface area contributed by atoms with Gasteiger partial charge in [-0.05, 0) is 24.1 Å². The highest BCUT2D eigenvalue weighted by Crippen LogP contribution is 2.13. The van der Waals surface area contributed by atoms with Crippen LogP contribution in [0.25, 0.3) is 0 Å². The number of esters is 2. The average molecular weight is 337 g/mol. The summed E-state index contributed by atoms with van der Waals surface area (Å²) in [5.74, 6) is -1.34. The first kappa shape index (κ1) is 19.5. The number of hydrogen-bond donors (Lipinski definition) is 1. The molecular formula is C17H23NO6. The van der Waals surface area contributed by atoms with Crippen LogP contribution in [0.2, 0.25) is 0 Å². The maximum atomic E-state index is 11.9. The molecule has 0 bridgehead atoms. The standard InChI is InChI=1S/C17H23NO6/c1-5-11(2)15(17(21)23-4)18-14(19)10-24-16(20)12-7-6-8-13(9-12)22-3/h6-9,11,15H,5,10H2,1-4H3,(H,18,19)/t11-,15-/m1/s1. The molecule has 0 aliphatic heterocycles. The van der Waals surface area contributed by atoms with Gasteiger partial charge >= 0.3 is 11.9 Å². The van der Waals surface area contributed by atoms with Crippen molar-refractivity contribution in [2.45, 2.75) is 26.3 Å². The first-order valence-electron chi connectivity index (χ1n) is 7.61. The van der Waals surface area contributed by atoms with Gasteiger partial charge in [0.15, 0.2) is 6.61 Å². The molecule has 0 unspecified atom stereocenters. The predicted molar refractivity (Wildman–Crippen MR) is 86.7 cm³/mol. The van der Waals surface area contributed by atoms with Crippen molar-refractivity contribution in [1.82, 2.24) is 5.32 Å². The van der Waals surface area contributed by atoms with E-state index in [4.69, 9.17) is 9.47 Å². The number of carbonyl (C=O) groups is 3. The molecule has 0 spiro atoms. The number of amides is 1. The van der Waals surface area contributed by atoms with Crippen molar-refractivity contribution < 1.29 is 28.6 Å². The number of ether oxygens (including phenoxy) is 3. The quantitative estimate of drug-likeness (QED) is 0.724. The van der Waals surface area contributed by atoms with Crippen LogP contribution in [-0.2, 0) is 19.1 Å². The van der Waals surface area contributed by atoms with Gasteiger partial charge in [-0.1, -0.05) is 26.3 Å². The maximum Gasteiger partial charge on any atom is 0.338 e. The lowest BCUT2D eigenvalue weighted by molar-refractivity contribution is -0.147. The Morgan fingerprint density at radius 1 is 1.21 bits per heavy atom. The summed E-state index contributed by atoms with van der Waals surface area (Å²) in [6.45, 7) is 3.24. The summed E-state index contributed by atoms with van der Waals surface area (Å²) < 4.78 is 14.7. The monoisotopic (exact) mass is 337 g/mol. The third kappa shape index (κ3) is 5.57. The lowest BCUT2D eigenvalue weighted by Crippen LogP contribution is -2.47. The summed E-state index contributed by atoms with van der Waals surface area (Å²) >= 11 is 0. The number of rotatable bonds is 8. The average Bonchev–Trinajstić information content (AvgIpc) is 2.62. The number of hydrogen-bond acceptors (Lipinski definition) is 6. The molecule has 1 amide bonds. The Hall–Kier alpha value is -2.57. The van der Waals surface area contributed by atoms with E-state index in [1.807, 2.05) is 13.8 Å². The first-order valence-corrected chi connectivity index (χ1v) is 7.61. The predicted octanol–water partition coefficient (Wildman–Crippen LogP) is 1.56. The van der Waals surface area contributed by atoms with Gasteiger partial charge in [0.05, 0.1) is 19.8 Å². The Balaban J connectivity index is 2.60. The Labute approximate surface area is 141 Å². The van der Waals surface area contributed by atoms with E-state index in [-0.39, 0.29) is 11.5 Å². The number of carbonyl (C=O) groups excluding carboxylic acids is 3. The van der Waals surface area contributed by atoms with E-state index >= 15 is 0 Å². The molecule has 0 aromatic heterocycles. The van der Waals surface area contributed by atoms with E-state index in [0.29, 0.717) is 12.2 Å². The van der Waals surface area contributed by atoms with Crippen LogP contribution in [0.5, 0.6) is 5.75 Å². The van der Waals surface area contributed by atoms with Gasteiger partial charge in [0, 0.05) is 0 Å². The third-order valence-electron chi connectivity index (χ3n) is 3.62. The fourth-order valence-corrected chi connectivity index (χ4v) is 1.98. The minimum absolute atomic E-state index is 0.101. The van der Waals surface area contributed by atoms with Gasteiger partial charge in [-0.3, -0.25) is 4.79 Å². The van der Waals surface area contributed by atoms with Crippen molar-refractivity contribution in [3.63, 3.8) is 0 Å². The van der Waals surface area contributed by atoms with Crippen LogP contribution in [-0.4, -0.2) is 44.7 Å². The Morgan fingerprint density at radius 3 is 2.50 bits per heavy atom. The zero-order valence-electron chi connectivity index (χ0n) is 14.3. The van der Waals surface area contributed by atoms with E-state index < -0.39 is 30.5 Å². The van der Waals surface area contributed by atoms with Crippen LogP contribution >= 0.6 is 0 Å². The second kappa shape index (κ2) is 9.54. The molecule has 0 aliphatic carbocycles. The molecule has 0 fully saturated rings. The second-order valence-electron chi connectivity index (χ2n) is 5.26. The molecule has 0 heterocycles. The highest BCUT2D eigenvalue weighted by molar-refractivity contribution is 5.92. The second-order valence-corrected chi connectivity index (χ2v) is 5.26. The van der Waals surface area contributed by atoms with Crippen LogP contribution in [0.3, 0.4) is 0 Å². The SMILES string of the molecule is CC[C@@H](C)[C@@H](NC(=O)COC(=O)c1cccc(OC)c1)C(=O)OC. The zero-order valence-corrected chi connectivity index (χ0v) is 14.3. The van der Waals surface area contributed by atoms with E-state index in [1.165, 1.54) is 20.3 Å². The number of methoxy groups -OCH3 is 2. The van der Waals surface area contributed by atoms with Crippen LogP contribution in [0.1, 0.15) is 30.6 Å². The molecule has 132 valence electrons. The van der Waals surface area contributed by atoms with Gasteiger partial charge in [-0.25, -0.2) is 9.59 Å². The van der Waals surface area contributed by atoms with Crippen LogP contribution in [0.15, 0.2) is 24.3 Å². The highest BCUT2D eigenvalue weighted by atomic mass is 16.5. The molecule has 0 saturated heterocycles. The highest BCUT2D eigenvalue weighted by Gasteiger charge is 2.27. The summed E-state index contributed by atoms with van der Waals surface area (Å²) in [7, 11) is 2.74. The molecule has 0 aliphatic rings. The summed E-state index contributed by atoms with van der Waals surface area (Å²) in [5.41, 5.74) is 0.272. The minimum Gasteiger partial charge on any atom is -0.497 e. The molecule has 0 saturated carbocycles. The van der Waals surface area contributed by atoms with Crippen LogP contribution < -0.4 is 10.1 Å². The van der Waals surface area contributed by atoms with Gasteiger partial charge in [-0.15, -0.1) is 0 Å². The zero-order chi connectivity index (χ0) is 18.1. The van der Waals surface area contributed by atoms with Crippen molar-refractivity contribution >= 4 is 17.8 Å². The number of nitrogens with one attached hydrogen (secondary N) is 1. The normalized spacial score (nSPS) is 12.7. The van der Waals surface area contributed by atoms with Gasteiger partial charge in [0.1, 0.15) is 11.8 Å². The summed E-state index contributed by atoms with van der Waals surface area (Å²) in [6, 6.07) is 5.63. The smallest absolute Gasteiger partial charge is 0.338 e. The third-order valence-corrected chi connectivity index (χ3v) is 3.62. The molecule has 1 N–H and O–H groups in total. The topological polar surface area (TPSA) is 90.9 Å². The molecule has 1 aromatic rings. The molecule has 24 heavy (non-hydrogen) atoms. The summed E-state index contributed by atoms with van der Waals surface area (Å²) in [6.07, 6.45) is 0.684. The van der Waals surface area contributed by atoms with E-state index in [2.05, 4.69) is 10.1 Å². The van der Waals surface area contributed by atoms with Crippen LogP contribution in [0.4, 0.5) is 0 Å². The number of benzene rings is 1. The Kier molecular flexibility index (Phi) is 7.74. The molecule has 0 radical (unpaired) electrons. The summed E-state index contributed by atoms with van der Waals surface area (Å²) in [4.78, 5) is 35.6. The maximum absolute atomic E-state index is 11.9. The fraction of sp³-hybridized carbons (Fsp3) is 0.471. The lowest BCUT2D eigenvalue weighted by Gasteiger charge is -2.21. The molecule has 1 rings (SSSR count). The van der Waals surface area contributed by atoms with E-state index in [0.717, 1.165) is 0 Å². The largest absolute Gasteiger partial charge is 0.497 e. The Morgan fingerprint density at radius 2 is 1.92 bits per heavy atom. The van der Waals surface area contributed by atoms with E-state index in [9.17, 15) is 14.4 Å². The summed E-state index contributed by atoms with van der Waals surface area (Å²) in [5, 5.41) is 2.53. The van der Waals surface area contributed by atoms with Crippen molar-refractivity contribution in [3.05, 3.63) is 29.8 Å². The van der Waals surface area contributed by atoms with Crippen LogP contribution in [0, 0.1) is 5.92 Å². The van der Waals surface area contributed by atoms with Crippen molar-refractivity contribution in [2.75, 3.05) is 20.8 Å². The molecule has 2 atom stereocenters. The lowest BCUT2D eigenvalue weighted by atomic mass is 9.99. The molecule has 1 aromatic carbocycles. The molecule has 7 heteroatoms. The minimum atomic E-state index is -0.775. The van der Waals surface area contributed by atoms with Gasteiger partial charge < -0.3 is 19.5 Å². The first-order chi connectivity index (χ1) is 11.4. The Bertz CT molecular complexity index is 586. The van der Waals surface area contributed by atoms with Gasteiger partial charge in [0.25, 0.3) is 5.91 Å². The fourth-order valence-electron chi connectivity index (χ4n) is 1.98. The van der Waals surface area contributed by atoms with Gasteiger partial charge in [-0.2, -0.15) is 0 Å². The van der Waals surface area contributed by atoms with Crippen molar-refractivity contribution in [3.8, 4) is 5.75 Å². The van der Waals surface area contributed by atoms with E-state index in [1.54, 1.807) is 18.2 Å².